The molecule has 2 aromatic carbocycles. The third-order valence-corrected chi connectivity index (χ3v) is 9.60. The summed E-state index contributed by atoms with van der Waals surface area (Å²) in [7, 11) is 2.62. The number of alkyl halides is 3. The van der Waals surface area contributed by atoms with E-state index in [9.17, 15) is 27.9 Å². The second-order valence-corrected chi connectivity index (χ2v) is 12.5. The van der Waals surface area contributed by atoms with Gasteiger partial charge in [0.25, 0.3) is 0 Å². The van der Waals surface area contributed by atoms with Crippen molar-refractivity contribution >= 4 is 45.1 Å². The summed E-state index contributed by atoms with van der Waals surface area (Å²) in [6.07, 6.45) is -3.47. The number of aliphatic hydroxyl groups is 1. The fourth-order valence-corrected chi connectivity index (χ4v) is 7.50. The lowest BCUT2D eigenvalue weighted by Crippen LogP contribution is -2.63. The van der Waals surface area contributed by atoms with Gasteiger partial charge in [-0.2, -0.15) is 13.2 Å². The monoisotopic (exact) mass is 675 g/mol. The summed E-state index contributed by atoms with van der Waals surface area (Å²) in [6.45, 7) is 1.96. The number of halogens is 5. The lowest BCUT2D eigenvalue weighted by Gasteiger charge is -2.51. The van der Waals surface area contributed by atoms with Crippen molar-refractivity contribution in [2.24, 2.45) is 11.8 Å². The van der Waals surface area contributed by atoms with Gasteiger partial charge in [-0.25, -0.2) is 4.79 Å². The van der Waals surface area contributed by atoms with Crippen molar-refractivity contribution in [2.75, 3.05) is 32.5 Å². The standard InChI is InChI=1S/C30H34BrClF3NO6/c1-18(16-37)11-20-12-19-13-24(31)25(42-17-40-2)15-23(19)28(20)7-9-29(10-8-28,27(39)41-3)36(26(38)30(33,34)35)22-6-4-5-21(32)14-22/h4-6,13-15,18,20,37H,7-12,16-17H2,1-3H3/t18-,20+,28?,29?/m1/s1. The van der Waals surface area contributed by atoms with Gasteiger partial charge < -0.3 is 19.3 Å². The van der Waals surface area contributed by atoms with Gasteiger partial charge in [-0.1, -0.05) is 24.6 Å². The topological polar surface area (TPSA) is 85.3 Å². The van der Waals surface area contributed by atoms with E-state index in [1.165, 1.54) is 31.4 Å². The highest BCUT2D eigenvalue weighted by atomic mass is 79.9. The summed E-state index contributed by atoms with van der Waals surface area (Å²) in [5.41, 5.74) is -0.545. The first-order valence-electron chi connectivity index (χ1n) is 13.6. The van der Waals surface area contributed by atoms with Crippen LogP contribution in [0.3, 0.4) is 0 Å². The van der Waals surface area contributed by atoms with E-state index in [-0.39, 0.29) is 48.8 Å². The maximum atomic E-state index is 14.1. The smallest absolute Gasteiger partial charge is 0.467 e. The van der Waals surface area contributed by atoms with Crippen molar-refractivity contribution in [3.63, 3.8) is 0 Å². The van der Waals surface area contributed by atoms with Crippen LogP contribution in [0.5, 0.6) is 5.75 Å². The Morgan fingerprint density at radius 1 is 1.17 bits per heavy atom. The van der Waals surface area contributed by atoms with Crippen molar-refractivity contribution < 1.29 is 42.1 Å². The number of benzene rings is 2. The molecule has 0 aliphatic heterocycles. The minimum absolute atomic E-state index is 0.0104. The first kappa shape index (κ1) is 32.6. The highest BCUT2D eigenvalue weighted by Gasteiger charge is 2.60. The molecule has 0 heterocycles. The number of fused-ring (bicyclic) bond motifs is 2. The molecule has 2 aliphatic carbocycles. The lowest BCUT2D eigenvalue weighted by atomic mass is 9.59. The number of methoxy groups -OCH3 is 2. The summed E-state index contributed by atoms with van der Waals surface area (Å²) < 4.78 is 58.9. The van der Waals surface area contributed by atoms with E-state index in [0.29, 0.717) is 36.3 Å². The van der Waals surface area contributed by atoms with Gasteiger partial charge in [0.2, 0.25) is 0 Å². The number of nitrogens with zero attached hydrogens (tertiary/aromatic N) is 1. The number of carbonyl (C=O) groups excluding carboxylic acids is 2. The second kappa shape index (κ2) is 12.7. The number of carbonyl (C=O) groups is 2. The van der Waals surface area contributed by atoms with Crippen molar-refractivity contribution in [3.8, 4) is 5.75 Å². The van der Waals surface area contributed by atoms with Crippen molar-refractivity contribution in [2.45, 2.75) is 62.6 Å². The third-order valence-electron chi connectivity index (χ3n) is 8.75. The van der Waals surface area contributed by atoms with Crippen LogP contribution in [0.2, 0.25) is 5.02 Å². The molecule has 7 nitrogen and oxygen atoms in total. The highest BCUT2D eigenvalue weighted by Crippen LogP contribution is 2.58. The van der Waals surface area contributed by atoms with Gasteiger partial charge in [0.15, 0.2) is 6.79 Å². The Hall–Kier alpha value is -2.34. The SMILES string of the molecule is COCOc1cc2c(cc1Br)C[C@H](C[C@@H](C)CO)C21CCC(C(=O)OC)(N(C(=O)C(F)(F)F)c2cccc(Cl)c2)CC1. The number of aliphatic hydroxyl groups excluding tert-OH is 1. The van der Waals surface area contributed by atoms with Crippen LogP contribution in [0, 0.1) is 11.8 Å². The van der Waals surface area contributed by atoms with Crippen LogP contribution >= 0.6 is 27.5 Å². The van der Waals surface area contributed by atoms with Gasteiger partial charge >= 0.3 is 18.1 Å². The lowest BCUT2D eigenvalue weighted by molar-refractivity contribution is -0.174. The first-order chi connectivity index (χ1) is 19.8. The fourth-order valence-electron chi connectivity index (χ4n) is 6.81. The van der Waals surface area contributed by atoms with Crippen LogP contribution in [-0.2, 0) is 30.9 Å². The number of ether oxygens (including phenoxy) is 3. The van der Waals surface area contributed by atoms with Crippen LogP contribution in [0.4, 0.5) is 18.9 Å². The number of amides is 1. The molecule has 1 amide bonds. The molecule has 1 spiro atoms. The van der Waals surface area contributed by atoms with E-state index in [2.05, 4.69) is 15.9 Å². The zero-order valence-corrected chi connectivity index (χ0v) is 25.9. The highest BCUT2D eigenvalue weighted by molar-refractivity contribution is 9.10. The molecule has 0 radical (unpaired) electrons. The van der Waals surface area contributed by atoms with Crippen molar-refractivity contribution in [3.05, 3.63) is 57.0 Å². The normalized spacial score (nSPS) is 24.3. The molecule has 230 valence electrons. The minimum Gasteiger partial charge on any atom is -0.467 e. The molecule has 1 saturated carbocycles. The maximum absolute atomic E-state index is 14.1. The van der Waals surface area contributed by atoms with E-state index in [1.54, 1.807) is 0 Å². The number of hydrogen-bond donors (Lipinski definition) is 1. The van der Waals surface area contributed by atoms with Crippen molar-refractivity contribution in [1.82, 2.24) is 0 Å². The molecule has 1 N–H and O–H groups in total. The molecule has 12 heteroatoms. The van der Waals surface area contributed by atoms with E-state index in [0.717, 1.165) is 22.7 Å². The van der Waals surface area contributed by atoms with Crippen LogP contribution in [-0.4, -0.2) is 56.3 Å². The van der Waals surface area contributed by atoms with Gasteiger partial charge in [-0.3, -0.25) is 9.69 Å². The summed E-state index contributed by atoms with van der Waals surface area (Å²) in [5, 5.41) is 9.99. The Bertz CT molecular complexity index is 1310. The Kier molecular flexibility index (Phi) is 9.86. The van der Waals surface area contributed by atoms with E-state index in [4.69, 9.17) is 25.8 Å². The molecule has 0 unspecified atom stereocenters. The zero-order valence-electron chi connectivity index (χ0n) is 23.6. The Morgan fingerprint density at radius 3 is 2.43 bits per heavy atom. The molecule has 0 aromatic heterocycles. The molecular weight excluding hydrogens is 643 g/mol. The average molecular weight is 677 g/mol. The van der Waals surface area contributed by atoms with Crippen molar-refractivity contribution in [1.29, 1.82) is 0 Å². The third kappa shape index (κ3) is 6.02. The fraction of sp³-hybridized carbons (Fsp3) is 0.533. The molecule has 1 fully saturated rings. The van der Waals surface area contributed by atoms with Gasteiger partial charge in [-0.05, 0) is 113 Å². The van der Waals surface area contributed by atoms with Gasteiger partial charge in [0.1, 0.15) is 11.3 Å². The predicted molar refractivity (Wildman–Crippen MR) is 155 cm³/mol. The Labute approximate surface area is 256 Å². The summed E-state index contributed by atoms with van der Waals surface area (Å²) in [5.74, 6) is -2.51. The van der Waals surface area contributed by atoms with Crippen LogP contribution in [0.1, 0.15) is 50.2 Å². The Balaban J connectivity index is 1.83. The molecule has 2 aromatic rings. The summed E-state index contributed by atoms with van der Waals surface area (Å²) in [6, 6.07) is 9.41. The van der Waals surface area contributed by atoms with Crippen LogP contribution in [0.15, 0.2) is 40.9 Å². The molecule has 42 heavy (non-hydrogen) atoms. The molecule has 0 saturated heterocycles. The van der Waals surface area contributed by atoms with E-state index >= 15 is 0 Å². The number of esters is 1. The van der Waals surface area contributed by atoms with E-state index in [1.807, 2.05) is 19.1 Å². The first-order valence-corrected chi connectivity index (χ1v) is 14.8. The van der Waals surface area contributed by atoms with Gasteiger partial charge in [0.05, 0.1) is 11.6 Å². The van der Waals surface area contributed by atoms with Gasteiger partial charge in [0, 0.05) is 24.4 Å². The van der Waals surface area contributed by atoms with Gasteiger partial charge in [-0.15, -0.1) is 0 Å². The quantitative estimate of drug-likeness (QED) is 0.238. The second-order valence-electron chi connectivity index (χ2n) is 11.2. The molecule has 4 rings (SSSR count). The number of anilines is 1. The summed E-state index contributed by atoms with van der Waals surface area (Å²) in [4.78, 5) is 27.1. The van der Waals surface area contributed by atoms with Crippen LogP contribution in [0.25, 0.3) is 0 Å². The number of rotatable bonds is 9. The van der Waals surface area contributed by atoms with Crippen LogP contribution < -0.4 is 9.64 Å². The molecule has 0 bridgehead atoms. The molecule has 2 atom stereocenters. The molecular formula is C30H34BrClF3NO6. The largest absolute Gasteiger partial charge is 0.471 e. The van der Waals surface area contributed by atoms with E-state index < -0.39 is 29.0 Å². The maximum Gasteiger partial charge on any atom is 0.471 e. The average Bonchev–Trinajstić information content (AvgIpc) is 3.22. The minimum atomic E-state index is -5.25. The molecule has 2 aliphatic rings. The summed E-state index contributed by atoms with van der Waals surface area (Å²) >= 11 is 9.69. The zero-order chi connectivity index (χ0) is 30.9. The number of hydrogen-bond acceptors (Lipinski definition) is 6. The Morgan fingerprint density at radius 2 is 1.86 bits per heavy atom. The predicted octanol–water partition coefficient (Wildman–Crippen LogP) is 6.60.